The summed E-state index contributed by atoms with van der Waals surface area (Å²) >= 11 is 0. The Kier molecular flexibility index (Phi) is 6.99. The van der Waals surface area contributed by atoms with Crippen LogP contribution in [0.4, 0.5) is 10.1 Å². The van der Waals surface area contributed by atoms with Crippen LogP contribution in [-0.4, -0.2) is 31.8 Å². The molecule has 0 aliphatic carbocycles. The molecule has 0 radical (unpaired) electrons. The van der Waals surface area contributed by atoms with Crippen molar-refractivity contribution in [2.75, 3.05) is 26.6 Å². The molecule has 1 amide bonds. The van der Waals surface area contributed by atoms with E-state index in [2.05, 4.69) is 5.32 Å². The van der Waals surface area contributed by atoms with Gasteiger partial charge in [0.15, 0.2) is 17.2 Å². The number of nitrogens with zero attached hydrogens (tertiary/aromatic N) is 1. The average molecular weight is 442 g/mol. The van der Waals surface area contributed by atoms with Gasteiger partial charge in [-0.3, -0.25) is 9.59 Å². The number of carbonyl (C=O) groups excluding carboxylic acids is 1. The van der Waals surface area contributed by atoms with Gasteiger partial charge in [-0.2, -0.15) is 0 Å². The SMILES string of the molecule is COc1cc(NC(=O)c2cc(=O)c(OCc3ccc(F)cc3)cn2C)cc(OC)c1OC. The fourth-order valence-corrected chi connectivity index (χ4v) is 3.03. The molecule has 0 unspecified atom stereocenters. The molecule has 168 valence electrons. The van der Waals surface area contributed by atoms with Crippen LogP contribution in [0.5, 0.6) is 23.0 Å². The molecule has 0 spiro atoms. The lowest BCUT2D eigenvalue weighted by atomic mass is 10.2. The standard InChI is InChI=1S/C23H23FN2O6/c1-26-12-21(32-13-14-5-7-15(24)8-6-14)18(27)11-17(26)23(28)25-16-9-19(29-2)22(31-4)20(10-16)30-3/h5-12H,13H2,1-4H3,(H,25,28). The lowest BCUT2D eigenvalue weighted by molar-refractivity contribution is 0.101. The van der Waals surface area contributed by atoms with Gasteiger partial charge in [0.2, 0.25) is 11.2 Å². The smallest absolute Gasteiger partial charge is 0.272 e. The Bertz CT molecular complexity index is 1150. The molecule has 1 aromatic heterocycles. The summed E-state index contributed by atoms with van der Waals surface area (Å²) in [6, 6.07) is 10.1. The van der Waals surface area contributed by atoms with E-state index in [0.717, 1.165) is 0 Å². The highest BCUT2D eigenvalue weighted by molar-refractivity contribution is 6.03. The van der Waals surface area contributed by atoms with Crippen molar-refractivity contribution in [2.45, 2.75) is 6.61 Å². The molecule has 9 heteroatoms. The van der Waals surface area contributed by atoms with E-state index in [1.54, 1.807) is 31.3 Å². The van der Waals surface area contributed by atoms with E-state index in [9.17, 15) is 14.0 Å². The van der Waals surface area contributed by atoms with Gasteiger partial charge in [-0.1, -0.05) is 12.1 Å². The summed E-state index contributed by atoms with van der Waals surface area (Å²) in [5.41, 5.74) is 0.768. The number of aryl methyl sites for hydroxylation is 1. The molecule has 2 aromatic carbocycles. The summed E-state index contributed by atoms with van der Waals surface area (Å²) in [7, 11) is 6.04. The minimum atomic E-state index is -0.510. The number of aromatic nitrogens is 1. The van der Waals surface area contributed by atoms with Crippen molar-refractivity contribution in [2.24, 2.45) is 7.05 Å². The molecule has 3 aromatic rings. The largest absolute Gasteiger partial charge is 0.493 e. The van der Waals surface area contributed by atoms with Gasteiger partial charge < -0.3 is 28.8 Å². The third-order valence-corrected chi connectivity index (χ3v) is 4.66. The maximum absolute atomic E-state index is 13.0. The van der Waals surface area contributed by atoms with Gasteiger partial charge in [0.1, 0.15) is 18.1 Å². The highest BCUT2D eigenvalue weighted by Gasteiger charge is 2.17. The average Bonchev–Trinajstić information content (AvgIpc) is 2.79. The van der Waals surface area contributed by atoms with Gasteiger partial charge in [0.05, 0.1) is 27.5 Å². The minimum absolute atomic E-state index is 0.0705. The molecule has 1 heterocycles. The third-order valence-electron chi connectivity index (χ3n) is 4.66. The number of nitrogens with one attached hydrogen (secondary N) is 1. The number of hydrogen-bond acceptors (Lipinski definition) is 6. The summed E-state index contributed by atoms with van der Waals surface area (Å²) in [5, 5.41) is 2.72. The lowest BCUT2D eigenvalue weighted by Gasteiger charge is -2.15. The van der Waals surface area contributed by atoms with Crippen LogP contribution in [0.2, 0.25) is 0 Å². The molecule has 0 bridgehead atoms. The molecule has 0 atom stereocenters. The first-order valence-electron chi connectivity index (χ1n) is 9.55. The minimum Gasteiger partial charge on any atom is -0.493 e. The van der Waals surface area contributed by atoms with Crippen LogP contribution in [0.25, 0.3) is 0 Å². The Morgan fingerprint density at radius 2 is 1.59 bits per heavy atom. The predicted octanol–water partition coefficient (Wildman–Crippen LogP) is 3.38. The van der Waals surface area contributed by atoms with Crippen molar-refractivity contribution in [1.29, 1.82) is 0 Å². The summed E-state index contributed by atoms with van der Waals surface area (Å²) in [4.78, 5) is 25.3. The second-order valence-electron chi connectivity index (χ2n) is 6.78. The number of pyridine rings is 1. The number of methoxy groups -OCH3 is 3. The summed E-state index contributed by atoms with van der Waals surface area (Å²) in [6.45, 7) is 0.0898. The molecule has 0 aliphatic rings. The van der Waals surface area contributed by atoms with Crippen LogP contribution < -0.4 is 29.7 Å². The predicted molar refractivity (Wildman–Crippen MR) is 116 cm³/mol. The molecule has 32 heavy (non-hydrogen) atoms. The van der Waals surface area contributed by atoms with Crippen molar-refractivity contribution < 1.29 is 28.1 Å². The van der Waals surface area contributed by atoms with Gasteiger partial charge in [-0.15, -0.1) is 0 Å². The Hall–Kier alpha value is -4.01. The van der Waals surface area contributed by atoms with Gasteiger partial charge >= 0.3 is 0 Å². The molecule has 0 aliphatic heterocycles. The zero-order valence-corrected chi connectivity index (χ0v) is 18.1. The van der Waals surface area contributed by atoms with Crippen molar-refractivity contribution in [3.63, 3.8) is 0 Å². The first kappa shape index (κ1) is 22.7. The number of anilines is 1. The van der Waals surface area contributed by atoms with E-state index in [-0.39, 0.29) is 23.9 Å². The second-order valence-corrected chi connectivity index (χ2v) is 6.78. The highest BCUT2D eigenvalue weighted by Crippen LogP contribution is 2.40. The molecule has 3 rings (SSSR count). The van der Waals surface area contributed by atoms with Crippen molar-refractivity contribution >= 4 is 11.6 Å². The van der Waals surface area contributed by atoms with Gasteiger partial charge in [-0.05, 0) is 17.7 Å². The Labute approximate surface area is 184 Å². The van der Waals surface area contributed by atoms with E-state index in [1.165, 1.54) is 50.3 Å². The normalized spacial score (nSPS) is 10.4. The number of benzene rings is 2. The van der Waals surface area contributed by atoms with Crippen LogP contribution in [0, 0.1) is 5.82 Å². The van der Waals surface area contributed by atoms with E-state index in [0.29, 0.717) is 28.5 Å². The van der Waals surface area contributed by atoms with Gasteiger partial charge in [0, 0.05) is 30.9 Å². The summed E-state index contributed by atoms with van der Waals surface area (Å²) in [5.74, 6) is 0.349. The number of halogens is 1. The van der Waals surface area contributed by atoms with E-state index in [4.69, 9.17) is 18.9 Å². The first-order chi connectivity index (χ1) is 15.4. The van der Waals surface area contributed by atoms with Crippen molar-refractivity contribution in [1.82, 2.24) is 4.57 Å². The second kappa shape index (κ2) is 9.86. The number of carbonyl (C=O) groups is 1. The van der Waals surface area contributed by atoms with Crippen LogP contribution in [0.1, 0.15) is 16.1 Å². The maximum atomic E-state index is 13.0. The third kappa shape index (κ3) is 5.00. The fourth-order valence-electron chi connectivity index (χ4n) is 3.03. The number of amides is 1. The summed E-state index contributed by atoms with van der Waals surface area (Å²) < 4.78 is 35.9. The van der Waals surface area contributed by atoms with Crippen LogP contribution in [-0.2, 0) is 13.7 Å². The molecule has 0 saturated heterocycles. The Morgan fingerprint density at radius 1 is 0.969 bits per heavy atom. The van der Waals surface area contributed by atoms with Crippen LogP contribution in [0.3, 0.4) is 0 Å². The molecule has 1 N–H and O–H groups in total. The monoisotopic (exact) mass is 442 g/mol. The Morgan fingerprint density at radius 3 is 2.16 bits per heavy atom. The van der Waals surface area contributed by atoms with E-state index >= 15 is 0 Å². The lowest BCUT2D eigenvalue weighted by Crippen LogP contribution is -2.21. The van der Waals surface area contributed by atoms with Crippen molar-refractivity contribution in [3.8, 4) is 23.0 Å². The van der Waals surface area contributed by atoms with E-state index < -0.39 is 11.3 Å². The maximum Gasteiger partial charge on any atom is 0.272 e. The quantitative estimate of drug-likeness (QED) is 0.576. The van der Waals surface area contributed by atoms with E-state index in [1.807, 2.05) is 0 Å². The summed E-state index contributed by atoms with van der Waals surface area (Å²) in [6.07, 6.45) is 1.43. The van der Waals surface area contributed by atoms with Crippen LogP contribution >= 0.6 is 0 Å². The first-order valence-corrected chi connectivity index (χ1v) is 9.55. The Balaban J connectivity index is 1.79. The zero-order valence-electron chi connectivity index (χ0n) is 18.1. The molecule has 0 fully saturated rings. The van der Waals surface area contributed by atoms with Gasteiger partial charge in [-0.25, -0.2) is 4.39 Å². The molecule has 0 saturated carbocycles. The number of rotatable bonds is 8. The zero-order chi connectivity index (χ0) is 23.3. The van der Waals surface area contributed by atoms with Gasteiger partial charge in [0.25, 0.3) is 5.91 Å². The van der Waals surface area contributed by atoms with Crippen molar-refractivity contribution in [3.05, 3.63) is 76.0 Å². The molecule has 8 nitrogen and oxygen atoms in total. The highest BCUT2D eigenvalue weighted by atomic mass is 19.1. The number of hydrogen-bond donors (Lipinski definition) is 1. The number of ether oxygens (including phenoxy) is 4. The topological polar surface area (TPSA) is 88.0 Å². The fraction of sp³-hybridized carbons (Fsp3) is 0.217. The molecular formula is C23H23FN2O6. The van der Waals surface area contributed by atoms with Crippen LogP contribution in [0.15, 0.2) is 53.5 Å². The molecular weight excluding hydrogens is 419 g/mol.